The molecule has 1 saturated carbocycles. The van der Waals surface area contributed by atoms with E-state index in [9.17, 15) is 4.79 Å². The van der Waals surface area contributed by atoms with Crippen LogP contribution in [-0.4, -0.2) is 11.1 Å². The zero-order valence-electron chi connectivity index (χ0n) is 8.64. The van der Waals surface area contributed by atoms with Crippen molar-refractivity contribution in [1.29, 1.82) is 0 Å². The fraction of sp³-hybridized carbons (Fsp3) is 0.333. The van der Waals surface area contributed by atoms with Gasteiger partial charge in [0.25, 0.3) is 0 Å². The SMILES string of the molecule is O=C=NCc1ccc2sc(C3CC3)nc2c1. The zero-order valence-corrected chi connectivity index (χ0v) is 9.46. The van der Waals surface area contributed by atoms with Crippen LogP contribution in [0.15, 0.2) is 23.2 Å². The summed E-state index contributed by atoms with van der Waals surface area (Å²) in [4.78, 5) is 18.2. The summed E-state index contributed by atoms with van der Waals surface area (Å²) in [5.74, 6) is 0.703. The smallest absolute Gasteiger partial charge is 0.235 e. The maximum atomic E-state index is 10.0. The molecule has 16 heavy (non-hydrogen) atoms. The second-order valence-corrected chi connectivity index (χ2v) is 5.10. The minimum Gasteiger partial charge on any atom is -0.241 e. The third kappa shape index (κ3) is 1.77. The number of hydrogen-bond acceptors (Lipinski definition) is 4. The van der Waals surface area contributed by atoms with Crippen molar-refractivity contribution < 1.29 is 4.79 Å². The lowest BCUT2D eigenvalue weighted by atomic mass is 10.2. The Morgan fingerprint density at radius 1 is 1.50 bits per heavy atom. The molecule has 80 valence electrons. The molecule has 2 aromatic rings. The molecule has 1 aliphatic carbocycles. The van der Waals surface area contributed by atoms with Crippen molar-refractivity contribution in [2.45, 2.75) is 25.3 Å². The Morgan fingerprint density at radius 3 is 3.12 bits per heavy atom. The quantitative estimate of drug-likeness (QED) is 0.601. The molecule has 1 aliphatic rings. The van der Waals surface area contributed by atoms with Crippen molar-refractivity contribution in [2.24, 2.45) is 4.99 Å². The Hall–Kier alpha value is -1.51. The van der Waals surface area contributed by atoms with Gasteiger partial charge in [-0.3, -0.25) is 0 Å². The first-order valence-corrected chi connectivity index (χ1v) is 6.11. The largest absolute Gasteiger partial charge is 0.241 e. The van der Waals surface area contributed by atoms with Gasteiger partial charge in [0.05, 0.1) is 21.8 Å². The summed E-state index contributed by atoms with van der Waals surface area (Å²) >= 11 is 1.78. The molecule has 0 amide bonds. The van der Waals surface area contributed by atoms with E-state index < -0.39 is 0 Å². The fourth-order valence-electron chi connectivity index (χ4n) is 1.72. The van der Waals surface area contributed by atoms with Gasteiger partial charge in [-0.15, -0.1) is 11.3 Å². The summed E-state index contributed by atoms with van der Waals surface area (Å²) in [6.45, 7) is 0.399. The highest BCUT2D eigenvalue weighted by Gasteiger charge is 2.26. The second kappa shape index (κ2) is 3.81. The van der Waals surface area contributed by atoms with Crippen LogP contribution in [0.2, 0.25) is 0 Å². The van der Waals surface area contributed by atoms with Crippen molar-refractivity contribution in [1.82, 2.24) is 4.98 Å². The maximum absolute atomic E-state index is 10.0. The van der Waals surface area contributed by atoms with Gasteiger partial charge in [0, 0.05) is 5.92 Å². The normalized spacial score (nSPS) is 15.0. The fourth-order valence-corrected chi connectivity index (χ4v) is 2.83. The summed E-state index contributed by atoms with van der Waals surface area (Å²) in [5.41, 5.74) is 2.05. The van der Waals surface area contributed by atoms with Gasteiger partial charge >= 0.3 is 0 Å². The summed E-state index contributed by atoms with van der Waals surface area (Å²) in [6.07, 6.45) is 4.11. The molecule has 0 unspecified atom stereocenters. The van der Waals surface area contributed by atoms with Crippen LogP contribution in [0.25, 0.3) is 10.2 Å². The number of thiazole rings is 1. The first kappa shape index (κ1) is 9.70. The van der Waals surface area contributed by atoms with Gasteiger partial charge in [-0.05, 0) is 30.5 Å². The molecular formula is C12H10N2OS. The van der Waals surface area contributed by atoms with E-state index in [4.69, 9.17) is 0 Å². The van der Waals surface area contributed by atoms with Gasteiger partial charge in [0.15, 0.2) is 0 Å². The van der Waals surface area contributed by atoms with Gasteiger partial charge in [-0.2, -0.15) is 0 Å². The summed E-state index contributed by atoms with van der Waals surface area (Å²) in [5, 5.41) is 1.26. The average Bonchev–Trinajstić information content (AvgIpc) is 3.06. The molecule has 0 atom stereocenters. The van der Waals surface area contributed by atoms with Crippen LogP contribution >= 0.6 is 11.3 Å². The minimum absolute atomic E-state index is 0.399. The van der Waals surface area contributed by atoms with Gasteiger partial charge in [-0.1, -0.05) is 6.07 Å². The lowest BCUT2D eigenvalue weighted by molar-refractivity contribution is 0.563. The Balaban J connectivity index is 1.99. The summed E-state index contributed by atoms with van der Waals surface area (Å²) < 4.78 is 1.22. The van der Waals surface area contributed by atoms with E-state index in [1.165, 1.54) is 22.5 Å². The van der Waals surface area contributed by atoms with Crippen molar-refractivity contribution in [3.05, 3.63) is 28.8 Å². The molecule has 0 aliphatic heterocycles. The second-order valence-electron chi connectivity index (χ2n) is 4.04. The summed E-state index contributed by atoms with van der Waals surface area (Å²) in [6, 6.07) is 6.07. The molecular weight excluding hydrogens is 220 g/mol. The van der Waals surface area contributed by atoms with E-state index >= 15 is 0 Å². The predicted octanol–water partition coefficient (Wildman–Crippen LogP) is 3.01. The van der Waals surface area contributed by atoms with E-state index in [1.807, 2.05) is 12.1 Å². The van der Waals surface area contributed by atoms with Crippen LogP contribution in [0.4, 0.5) is 0 Å². The molecule has 1 heterocycles. The average molecular weight is 230 g/mol. The topological polar surface area (TPSA) is 42.3 Å². The van der Waals surface area contributed by atoms with Gasteiger partial charge in [-0.25, -0.2) is 14.8 Å². The van der Waals surface area contributed by atoms with Gasteiger partial charge in [0.2, 0.25) is 6.08 Å². The molecule has 3 rings (SSSR count). The zero-order chi connectivity index (χ0) is 11.0. The number of rotatable bonds is 3. The molecule has 0 saturated heterocycles. The molecule has 1 aromatic heterocycles. The van der Waals surface area contributed by atoms with Crippen LogP contribution in [-0.2, 0) is 11.3 Å². The third-order valence-electron chi connectivity index (χ3n) is 2.72. The molecule has 1 fully saturated rings. The Labute approximate surface area is 96.8 Å². The van der Waals surface area contributed by atoms with Crippen molar-refractivity contribution in [2.75, 3.05) is 0 Å². The van der Waals surface area contributed by atoms with Gasteiger partial charge < -0.3 is 0 Å². The Kier molecular flexibility index (Phi) is 2.31. The van der Waals surface area contributed by atoms with Crippen LogP contribution in [0.1, 0.15) is 29.3 Å². The van der Waals surface area contributed by atoms with E-state index in [0.29, 0.717) is 12.5 Å². The number of nitrogens with zero attached hydrogens (tertiary/aromatic N) is 2. The van der Waals surface area contributed by atoms with Crippen LogP contribution in [0.5, 0.6) is 0 Å². The maximum Gasteiger partial charge on any atom is 0.235 e. The van der Waals surface area contributed by atoms with Crippen molar-refractivity contribution in [3.63, 3.8) is 0 Å². The molecule has 0 spiro atoms. The highest BCUT2D eigenvalue weighted by atomic mass is 32.1. The van der Waals surface area contributed by atoms with Crippen LogP contribution in [0, 0.1) is 0 Å². The highest BCUT2D eigenvalue weighted by molar-refractivity contribution is 7.18. The molecule has 1 aromatic carbocycles. The first-order valence-electron chi connectivity index (χ1n) is 5.30. The van der Waals surface area contributed by atoms with Crippen molar-refractivity contribution in [3.8, 4) is 0 Å². The number of isocyanates is 1. The standard InChI is InChI=1S/C12H10N2OS/c15-7-13-6-8-1-4-11-10(5-8)14-12(16-11)9-2-3-9/h1,4-5,9H,2-3,6H2. The molecule has 0 bridgehead atoms. The molecule has 3 nitrogen and oxygen atoms in total. The molecule has 0 radical (unpaired) electrons. The number of aliphatic imine (C=N–C) groups is 1. The third-order valence-corrected chi connectivity index (χ3v) is 3.92. The van der Waals surface area contributed by atoms with E-state index in [2.05, 4.69) is 16.0 Å². The highest BCUT2D eigenvalue weighted by Crippen LogP contribution is 2.43. The number of fused-ring (bicyclic) bond motifs is 1. The van der Waals surface area contributed by atoms with E-state index in [-0.39, 0.29) is 0 Å². The van der Waals surface area contributed by atoms with Crippen LogP contribution in [0.3, 0.4) is 0 Å². The molecule has 0 N–H and O–H groups in total. The van der Waals surface area contributed by atoms with Crippen LogP contribution < -0.4 is 0 Å². The lowest BCUT2D eigenvalue weighted by Gasteiger charge is -1.93. The molecule has 4 heteroatoms. The lowest BCUT2D eigenvalue weighted by Crippen LogP contribution is -1.80. The van der Waals surface area contributed by atoms with E-state index in [0.717, 1.165) is 11.1 Å². The number of aromatic nitrogens is 1. The monoisotopic (exact) mass is 230 g/mol. The number of hydrogen-bond donors (Lipinski definition) is 0. The predicted molar refractivity (Wildman–Crippen MR) is 63.4 cm³/mol. The Bertz CT molecular complexity index is 580. The Morgan fingerprint density at radius 2 is 2.38 bits per heavy atom. The van der Waals surface area contributed by atoms with Crippen molar-refractivity contribution >= 4 is 27.6 Å². The van der Waals surface area contributed by atoms with Gasteiger partial charge in [0.1, 0.15) is 0 Å². The summed E-state index contributed by atoms with van der Waals surface area (Å²) in [7, 11) is 0. The van der Waals surface area contributed by atoms with E-state index in [1.54, 1.807) is 17.4 Å². The number of benzene rings is 1. The minimum atomic E-state index is 0.399. The number of carbonyl (C=O) groups excluding carboxylic acids is 1. The first-order chi connectivity index (χ1) is 7.86.